The fourth-order valence-corrected chi connectivity index (χ4v) is 1.25. The van der Waals surface area contributed by atoms with Gasteiger partial charge in [0.05, 0.1) is 19.4 Å². The third-order valence-electron chi connectivity index (χ3n) is 1.96. The maximum atomic E-state index is 8.64. The predicted octanol–water partition coefficient (Wildman–Crippen LogP) is -0.420. The fourth-order valence-electron chi connectivity index (χ4n) is 1.25. The molecule has 72 valence electrons. The van der Waals surface area contributed by atoms with E-state index >= 15 is 0 Å². The molecule has 6 nitrogen and oxygen atoms in total. The van der Waals surface area contributed by atoms with Gasteiger partial charge in [-0.15, -0.1) is 5.10 Å². The first-order valence-electron chi connectivity index (χ1n) is 4.32. The van der Waals surface area contributed by atoms with Crippen LogP contribution in [-0.2, 0) is 4.74 Å². The number of rotatable bonds is 1. The summed E-state index contributed by atoms with van der Waals surface area (Å²) in [6.07, 6.45) is 1.35. The lowest BCUT2D eigenvalue weighted by molar-refractivity contribution is 0.122. The summed E-state index contributed by atoms with van der Waals surface area (Å²) in [6.45, 7) is 2.83. The number of hydrogen-bond acceptors (Lipinski definition) is 6. The number of aromatic nitrogens is 3. The summed E-state index contributed by atoms with van der Waals surface area (Å²) in [7, 11) is 0. The Bertz CT molecular complexity index is 355. The van der Waals surface area contributed by atoms with Gasteiger partial charge in [0, 0.05) is 13.1 Å². The van der Waals surface area contributed by atoms with Crippen molar-refractivity contribution in [3.05, 3.63) is 11.9 Å². The highest BCUT2D eigenvalue weighted by Gasteiger charge is 2.14. The molecule has 0 radical (unpaired) electrons. The fraction of sp³-hybridized carbons (Fsp3) is 0.500. The van der Waals surface area contributed by atoms with Crippen molar-refractivity contribution in [1.29, 1.82) is 5.26 Å². The number of anilines is 1. The minimum absolute atomic E-state index is 0.293. The Morgan fingerprint density at radius 2 is 2.21 bits per heavy atom. The maximum absolute atomic E-state index is 8.64. The van der Waals surface area contributed by atoms with E-state index in [1.54, 1.807) is 0 Å². The minimum Gasteiger partial charge on any atom is -0.378 e. The Morgan fingerprint density at radius 3 is 2.93 bits per heavy atom. The van der Waals surface area contributed by atoms with Crippen LogP contribution in [0.15, 0.2) is 6.20 Å². The van der Waals surface area contributed by atoms with Crippen LogP contribution in [0, 0.1) is 11.3 Å². The van der Waals surface area contributed by atoms with Crippen molar-refractivity contribution in [2.75, 3.05) is 31.2 Å². The van der Waals surface area contributed by atoms with Crippen molar-refractivity contribution < 1.29 is 4.74 Å². The van der Waals surface area contributed by atoms with Gasteiger partial charge in [-0.3, -0.25) is 0 Å². The second-order valence-corrected chi connectivity index (χ2v) is 2.85. The normalized spacial score (nSPS) is 16.4. The smallest absolute Gasteiger partial charge is 0.246 e. The summed E-state index contributed by atoms with van der Waals surface area (Å²) < 4.78 is 5.20. The van der Waals surface area contributed by atoms with E-state index in [1.165, 1.54) is 6.20 Å². The van der Waals surface area contributed by atoms with Crippen LogP contribution in [0.2, 0.25) is 0 Å². The minimum atomic E-state index is 0.293. The average molecular weight is 191 g/mol. The summed E-state index contributed by atoms with van der Waals surface area (Å²) in [5, 5.41) is 16.2. The van der Waals surface area contributed by atoms with Gasteiger partial charge in [0.2, 0.25) is 5.95 Å². The van der Waals surface area contributed by atoms with Gasteiger partial charge < -0.3 is 9.64 Å². The third-order valence-corrected chi connectivity index (χ3v) is 1.96. The van der Waals surface area contributed by atoms with E-state index in [-0.39, 0.29) is 0 Å². The molecule has 1 aliphatic rings. The molecule has 0 spiro atoms. The lowest BCUT2D eigenvalue weighted by atomic mass is 10.4. The second kappa shape index (κ2) is 3.98. The Balaban J connectivity index is 2.18. The van der Waals surface area contributed by atoms with Crippen LogP contribution >= 0.6 is 0 Å². The zero-order chi connectivity index (χ0) is 9.80. The van der Waals surface area contributed by atoms with E-state index in [4.69, 9.17) is 10.00 Å². The second-order valence-electron chi connectivity index (χ2n) is 2.85. The zero-order valence-corrected chi connectivity index (χ0v) is 7.55. The molecule has 1 aromatic rings. The van der Waals surface area contributed by atoms with Gasteiger partial charge in [-0.25, -0.2) is 0 Å². The predicted molar refractivity (Wildman–Crippen MR) is 47.6 cm³/mol. The highest BCUT2D eigenvalue weighted by molar-refractivity contribution is 5.31. The summed E-state index contributed by atoms with van der Waals surface area (Å²) in [5.74, 6) is 0.507. The standard InChI is InChI=1S/C8H9N5O/c9-5-7-6-10-12-8(11-7)13-1-3-14-4-2-13/h6H,1-4H2. The lowest BCUT2D eigenvalue weighted by Gasteiger charge is -2.25. The van der Waals surface area contributed by atoms with E-state index in [9.17, 15) is 0 Å². The first kappa shape index (κ1) is 8.84. The molecule has 0 aromatic carbocycles. The summed E-state index contributed by atoms with van der Waals surface area (Å²) in [4.78, 5) is 6.01. The largest absolute Gasteiger partial charge is 0.378 e. The Labute approximate surface area is 81.1 Å². The molecule has 2 rings (SSSR count). The molecule has 6 heteroatoms. The van der Waals surface area contributed by atoms with Crippen molar-refractivity contribution in [2.24, 2.45) is 0 Å². The molecule has 0 unspecified atom stereocenters. The van der Waals surface area contributed by atoms with Crippen LogP contribution < -0.4 is 4.90 Å². The maximum Gasteiger partial charge on any atom is 0.246 e. The van der Waals surface area contributed by atoms with Gasteiger partial charge in [0.1, 0.15) is 6.07 Å². The van der Waals surface area contributed by atoms with E-state index in [0.29, 0.717) is 24.9 Å². The molecule has 2 heterocycles. The van der Waals surface area contributed by atoms with Crippen LogP contribution in [0.4, 0.5) is 5.95 Å². The highest BCUT2D eigenvalue weighted by atomic mass is 16.5. The van der Waals surface area contributed by atoms with E-state index in [2.05, 4.69) is 15.2 Å². The number of morpholine rings is 1. The quantitative estimate of drug-likeness (QED) is 0.600. The van der Waals surface area contributed by atoms with Gasteiger partial charge in [0.15, 0.2) is 5.69 Å². The van der Waals surface area contributed by atoms with Gasteiger partial charge in [-0.2, -0.15) is 15.3 Å². The van der Waals surface area contributed by atoms with Crippen LogP contribution in [0.1, 0.15) is 5.69 Å². The summed E-state index contributed by atoms with van der Waals surface area (Å²) in [6, 6.07) is 1.93. The Hall–Kier alpha value is -1.74. The molecular formula is C8H9N5O. The summed E-state index contributed by atoms with van der Waals surface area (Å²) in [5.41, 5.74) is 0.293. The molecule has 1 aliphatic heterocycles. The average Bonchev–Trinajstić information content (AvgIpc) is 2.30. The van der Waals surface area contributed by atoms with E-state index in [1.807, 2.05) is 11.0 Å². The topological polar surface area (TPSA) is 74.9 Å². The molecular weight excluding hydrogens is 182 g/mol. The van der Waals surface area contributed by atoms with Crippen LogP contribution in [0.25, 0.3) is 0 Å². The van der Waals surface area contributed by atoms with E-state index in [0.717, 1.165) is 13.1 Å². The molecule has 1 saturated heterocycles. The van der Waals surface area contributed by atoms with Crippen LogP contribution in [0.3, 0.4) is 0 Å². The Morgan fingerprint density at radius 1 is 1.43 bits per heavy atom. The molecule has 14 heavy (non-hydrogen) atoms. The first-order valence-corrected chi connectivity index (χ1v) is 4.32. The van der Waals surface area contributed by atoms with Crippen LogP contribution in [-0.4, -0.2) is 41.5 Å². The van der Waals surface area contributed by atoms with Gasteiger partial charge in [-0.1, -0.05) is 0 Å². The van der Waals surface area contributed by atoms with Crippen molar-refractivity contribution in [3.8, 4) is 6.07 Å². The number of ether oxygens (including phenoxy) is 1. The van der Waals surface area contributed by atoms with Gasteiger partial charge in [-0.05, 0) is 0 Å². The molecule has 1 fully saturated rings. The lowest BCUT2D eigenvalue weighted by Crippen LogP contribution is -2.37. The zero-order valence-electron chi connectivity index (χ0n) is 7.55. The molecule has 0 bridgehead atoms. The highest BCUT2D eigenvalue weighted by Crippen LogP contribution is 2.07. The number of hydrogen-bond donors (Lipinski definition) is 0. The summed E-state index contributed by atoms with van der Waals surface area (Å²) >= 11 is 0. The molecule has 1 aromatic heterocycles. The van der Waals surface area contributed by atoms with Crippen molar-refractivity contribution >= 4 is 5.95 Å². The Kier molecular flexibility index (Phi) is 2.51. The molecule has 0 amide bonds. The van der Waals surface area contributed by atoms with E-state index < -0.39 is 0 Å². The monoisotopic (exact) mass is 191 g/mol. The third kappa shape index (κ3) is 1.78. The van der Waals surface area contributed by atoms with Crippen molar-refractivity contribution in [2.45, 2.75) is 0 Å². The first-order chi connectivity index (χ1) is 6.90. The molecule has 0 aliphatic carbocycles. The molecule has 0 saturated carbocycles. The van der Waals surface area contributed by atoms with Crippen molar-refractivity contribution in [3.63, 3.8) is 0 Å². The van der Waals surface area contributed by atoms with Crippen molar-refractivity contribution in [1.82, 2.24) is 15.2 Å². The van der Waals surface area contributed by atoms with Gasteiger partial charge in [0.25, 0.3) is 0 Å². The van der Waals surface area contributed by atoms with Crippen LogP contribution in [0.5, 0.6) is 0 Å². The molecule has 0 N–H and O–H groups in total. The van der Waals surface area contributed by atoms with Gasteiger partial charge >= 0.3 is 0 Å². The number of nitriles is 1. The SMILES string of the molecule is N#Cc1cnnc(N2CCOCC2)n1. The molecule has 0 atom stereocenters. The number of nitrogens with zero attached hydrogens (tertiary/aromatic N) is 5.